The third-order valence-electron chi connectivity index (χ3n) is 5.89. The number of rotatable bonds is 5. The largest absolute Gasteiger partial charge is 0.345 e. The Morgan fingerprint density at radius 1 is 1.08 bits per heavy atom. The zero-order chi connectivity index (χ0) is 18.2. The van der Waals surface area contributed by atoms with E-state index in [1.165, 1.54) is 33.4 Å². The van der Waals surface area contributed by atoms with E-state index >= 15 is 0 Å². The zero-order valence-corrected chi connectivity index (χ0v) is 16.3. The van der Waals surface area contributed by atoms with E-state index in [0.29, 0.717) is 13.2 Å². The lowest BCUT2D eigenvalue weighted by Gasteiger charge is -2.29. The van der Waals surface area contributed by atoms with E-state index < -0.39 is 5.79 Å². The van der Waals surface area contributed by atoms with Gasteiger partial charge in [0.05, 0.1) is 25.6 Å². The molecule has 136 valence electrons. The van der Waals surface area contributed by atoms with Crippen LogP contribution in [0.2, 0.25) is 0 Å². The molecule has 3 rings (SSSR count). The highest BCUT2D eigenvalue weighted by atomic mass is 16.7. The number of aromatic nitrogens is 2. The van der Waals surface area contributed by atoms with E-state index in [0.717, 1.165) is 12.8 Å². The molecule has 0 N–H and O–H groups in total. The summed E-state index contributed by atoms with van der Waals surface area (Å²) in [7, 11) is 0. The van der Waals surface area contributed by atoms with Crippen LogP contribution in [-0.4, -0.2) is 28.0 Å². The molecule has 1 saturated heterocycles. The summed E-state index contributed by atoms with van der Waals surface area (Å²) in [5.74, 6) is -0.564. The Morgan fingerprint density at radius 2 is 1.72 bits per heavy atom. The molecule has 2 unspecified atom stereocenters. The summed E-state index contributed by atoms with van der Waals surface area (Å²) >= 11 is 0. The van der Waals surface area contributed by atoms with Crippen LogP contribution in [0.5, 0.6) is 0 Å². The molecule has 0 aliphatic carbocycles. The number of ether oxygens (including phenoxy) is 2. The van der Waals surface area contributed by atoms with Crippen LogP contribution >= 0.6 is 0 Å². The molecule has 0 amide bonds. The van der Waals surface area contributed by atoms with Crippen molar-refractivity contribution in [3.8, 4) is 0 Å². The fourth-order valence-electron chi connectivity index (χ4n) is 3.92. The molecule has 1 aromatic carbocycles. The summed E-state index contributed by atoms with van der Waals surface area (Å²) in [6.07, 6.45) is 7.53. The molecule has 1 aliphatic heterocycles. The van der Waals surface area contributed by atoms with Crippen molar-refractivity contribution in [1.82, 2.24) is 9.55 Å². The maximum Gasteiger partial charge on any atom is 0.187 e. The smallest absolute Gasteiger partial charge is 0.187 e. The molecule has 1 fully saturated rings. The predicted molar refractivity (Wildman–Crippen MR) is 99.9 cm³/mol. The van der Waals surface area contributed by atoms with Gasteiger partial charge in [0.1, 0.15) is 0 Å². The maximum atomic E-state index is 6.24. The van der Waals surface area contributed by atoms with Crippen molar-refractivity contribution >= 4 is 0 Å². The number of benzene rings is 1. The van der Waals surface area contributed by atoms with Crippen LogP contribution in [0.4, 0.5) is 0 Å². The van der Waals surface area contributed by atoms with Gasteiger partial charge >= 0.3 is 0 Å². The topological polar surface area (TPSA) is 36.3 Å². The van der Waals surface area contributed by atoms with Crippen molar-refractivity contribution in [2.24, 2.45) is 0 Å². The molecule has 2 atom stereocenters. The van der Waals surface area contributed by atoms with Crippen LogP contribution in [0.25, 0.3) is 0 Å². The van der Waals surface area contributed by atoms with Crippen LogP contribution in [-0.2, 0) is 22.4 Å². The highest BCUT2D eigenvalue weighted by Crippen LogP contribution is 2.33. The highest BCUT2D eigenvalue weighted by Gasteiger charge is 2.40. The predicted octanol–water partition coefficient (Wildman–Crippen LogP) is 4.19. The Hall–Kier alpha value is -1.65. The summed E-state index contributed by atoms with van der Waals surface area (Å²) in [5.41, 5.74) is 8.48. The Labute approximate surface area is 151 Å². The van der Waals surface area contributed by atoms with Crippen molar-refractivity contribution in [1.29, 1.82) is 0 Å². The zero-order valence-electron chi connectivity index (χ0n) is 16.3. The Kier molecular flexibility index (Phi) is 5.03. The van der Waals surface area contributed by atoms with Gasteiger partial charge in [-0.15, -0.1) is 0 Å². The van der Waals surface area contributed by atoms with Gasteiger partial charge in [0.15, 0.2) is 5.79 Å². The van der Waals surface area contributed by atoms with Gasteiger partial charge in [-0.2, -0.15) is 0 Å². The second-order valence-corrected chi connectivity index (χ2v) is 7.49. The van der Waals surface area contributed by atoms with Crippen LogP contribution in [0.3, 0.4) is 0 Å². The standard InChI is InChI=1S/C21H30N2O2/c1-14-11-24-21(25-14,12-23-10-9-22-13-23)8-7-20-18(5)16(3)15(2)17(4)19(20)6/h9-10,13-14H,7-8,11-12H2,1-6H3. The highest BCUT2D eigenvalue weighted by molar-refractivity contribution is 5.49. The third kappa shape index (κ3) is 3.51. The van der Waals surface area contributed by atoms with Crippen molar-refractivity contribution < 1.29 is 9.47 Å². The summed E-state index contributed by atoms with van der Waals surface area (Å²) < 4.78 is 14.4. The first-order valence-corrected chi connectivity index (χ1v) is 9.16. The van der Waals surface area contributed by atoms with Crippen LogP contribution in [0.1, 0.15) is 46.7 Å². The van der Waals surface area contributed by atoms with Gasteiger partial charge in [-0.25, -0.2) is 4.98 Å². The molecule has 25 heavy (non-hydrogen) atoms. The average Bonchev–Trinajstić information content (AvgIpc) is 3.21. The Morgan fingerprint density at radius 3 is 2.24 bits per heavy atom. The van der Waals surface area contributed by atoms with Crippen molar-refractivity contribution in [3.05, 3.63) is 52.1 Å². The van der Waals surface area contributed by atoms with E-state index in [9.17, 15) is 0 Å². The lowest BCUT2D eigenvalue weighted by Crippen LogP contribution is -2.36. The molecule has 0 spiro atoms. The van der Waals surface area contributed by atoms with Crippen molar-refractivity contribution in [3.63, 3.8) is 0 Å². The summed E-state index contributed by atoms with van der Waals surface area (Å²) in [4.78, 5) is 4.15. The lowest BCUT2D eigenvalue weighted by molar-refractivity contribution is -0.180. The van der Waals surface area contributed by atoms with Gasteiger partial charge in [0, 0.05) is 18.8 Å². The van der Waals surface area contributed by atoms with Gasteiger partial charge in [-0.05, 0) is 81.3 Å². The SMILES string of the molecule is Cc1c(C)c(C)c(CCC2(Cn3ccnc3)OCC(C)O2)c(C)c1C. The fourth-order valence-corrected chi connectivity index (χ4v) is 3.92. The molecular weight excluding hydrogens is 312 g/mol. The molecule has 0 saturated carbocycles. The van der Waals surface area contributed by atoms with E-state index in [1.807, 2.05) is 17.1 Å². The van der Waals surface area contributed by atoms with Gasteiger partial charge in [0.25, 0.3) is 0 Å². The minimum absolute atomic E-state index is 0.132. The molecule has 2 aromatic rings. The summed E-state index contributed by atoms with van der Waals surface area (Å²) in [5, 5.41) is 0. The third-order valence-corrected chi connectivity index (χ3v) is 5.89. The minimum Gasteiger partial charge on any atom is -0.345 e. The minimum atomic E-state index is -0.564. The molecule has 2 heterocycles. The quantitative estimate of drug-likeness (QED) is 0.817. The van der Waals surface area contributed by atoms with Crippen LogP contribution < -0.4 is 0 Å². The second-order valence-electron chi connectivity index (χ2n) is 7.49. The summed E-state index contributed by atoms with van der Waals surface area (Å²) in [6.45, 7) is 14.6. The van der Waals surface area contributed by atoms with Crippen molar-refractivity contribution in [2.45, 2.75) is 72.8 Å². The normalized spacial score (nSPS) is 23.4. The molecule has 1 aromatic heterocycles. The first-order valence-electron chi connectivity index (χ1n) is 9.16. The Bertz CT molecular complexity index is 723. The van der Waals surface area contributed by atoms with E-state index in [-0.39, 0.29) is 6.10 Å². The molecule has 1 aliphatic rings. The molecular formula is C21H30N2O2. The number of nitrogens with zero attached hydrogens (tertiary/aromatic N) is 2. The van der Waals surface area contributed by atoms with E-state index in [4.69, 9.17) is 9.47 Å². The van der Waals surface area contributed by atoms with Gasteiger partial charge in [0.2, 0.25) is 0 Å². The van der Waals surface area contributed by atoms with Gasteiger partial charge in [-0.1, -0.05) is 0 Å². The Balaban J connectivity index is 1.85. The maximum absolute atomic E-state index is 6.24. The molecule has 4 heteroatoms. The first kappa shape index (κ1) is 18.2. The number of hydrogen-bond acceptors (Lipinski definition) is 3. The fraction of sp³-hybridized carbons (Fsp3) is 0.571. The second kappa shape index (κ2) is 6.93. The first-order chi connectivity index (χ1) is 11.8. The molecule has 0 bridgehead atoms. The number of hydrogen-bond donors (Lipinski definition) is 0. The van der Waals surface area contributed by atoms with Crippen molar-refractivity contribution in [2.75, 3.05) is 6.61 Å². The van der Waals surface area contributed by atoms with Gasteiger partial charge < -0.3 is 14.0 Å². The van der Waals surface area contributed by atoms with Crippen LogP contribution in [0.15, 0.2) is 18.7 Å². The molecule has 4 nitrogen and oxygen atoms in total. The van der Waals surface area contributed by atoms with E-state index in [2.05, 4.69) is 46.5 Å². The summed E-state index contributed by atoms with van der Waals surface area (Å²) in [6, 6.07) is 0. The number of imidazole rings is 1. The lowest BCUT2D eigenvalue weighted by atomic mass is 9.87. The molecule has 0 radical (unpaired) electrons. The monoisotopic (exact) mass is 342 g/mol. The van der Waals surface area contributed by atoms with Crippen LogP contribution in [0, 0.1) is 34.6 Å². The van der Waals surface area contributed by atoms with Gasteiger partial charge in [-0.3, -0.25) is 0 Å². The average molecular weight is 342 g/mol. The van der Waals surface area contributed by atoms with E-state index in [1.54, 1.807) is 6.20 Å².